The van der Waals surface area contributed by atoms with Crippen LogP contribution in [0.25, 0.3) is 0 Å². The highest BCUT2D eigenvalue weighted by Crippen LogP contribution is 2.23. The molecule has 0 saturated heterocycles. The summed E-state index contributed by atoms with van der Waals surface area (Å²) >= 11 is 0. The second-order valence-electron chi connectivity index (χ2n) is 5.75. The summed E-state index contributed by atoms with van der Waals surface area (Å²) in [5, 5.41) is 0. The molecule has 0 saturated carbocycles. The average Bonchev–Trinajstić information content (AvgIpc) is 2.21. The molecule has 18 heavy (non-hydrogen) atoms. The molecule has 0 aliphatic heterocycles. The number of nitrogens with one attached hydrogen (secondary N) is 1. The molecule has 0 atom stereocenters. The zero-order valence-corrected chi connectivity index (χ0v) is 12.3. The topological polar surface area (TPSA) is 72.2 Å². The molecular weight excluding hydrogens is 248 g/mol. The van der Waals surface area contributed by atoms with Crippen molar-refractivity contribution in [3.05, 3.63) is 23.8 Å². The molecular formula is C13H22N2O2S. The van der Waals surface area contributed by atoms with Gasteiger partial charge in [0.15, 0.2) is 0 Å². The summed E-state index contributed by atoms with van der Waals surface area (Å²) in [7, 11) is -3.31. The molecule has 1 aromatic carbocycles. The Bertz CT molecular complexity index is 516. The van der Waals surface area contributed by atoms with E-state index in [1.165, 1.54) is 0 Å². The van der Waals surface area contributed by atoms with Gasteiger partial charge in [-0.25, -0.2) is 8.42 Å². The maximum absolute atomic E-state index is 12.0. The SMILES string of the molecule is Cc1c(N)cccc1NS(=O)(=O)CCC(C)(C)C. The maximum atomic E-state index is 12.0. The van der Waals surface area contributed by atoms with Crippen molar-refractivity contribution in [1.29, 1.82) is 0 Å². The third-order valence-electron chi connectivity index (χ3n) is 2.76. The van der Waals surface area contributed by atoms with Gasteiger partial charge in [-0.05, 0) is 36.5 Å². The first-order valence-electron chi connectivity index (χ1n) is 5.96. The normalized spacial score (nSPS) is 12.4. The molecule has 0 spiro atoms. The molecule has 102 valence electrons. The molecule has 0 fully saturated rings. The highest BCUT2D eigenvalue weighted by molar-refractivity contribution is 7.92. The number of hydrogen-bond acceptors (Lipinski definition) is 3. The van der Waals surface area contributed by atoms with E-state index in [0.29, 0.717) is 17.8 Å². The summed E-state index contributed by atoms with van der Waals surface area (Å²) < 4.78 is 26.5. The third-order valence-corrected chi connectivity index (χ3v) is 4.03. The number of rotatable bonds is 4. The van der Waals surface area contributed by atoms with Gasteiger partial charge >= 0.3 is 0 Å². The van der Waals surface area contributed by atoms with Gasteiger partial charge in [0.25, 0.3) is 0 Å². The molecule has 0 bridgehead atoms. The summed E-state index contributed by atoms with van der Waals surface area (Å²) in [4.78, 5) is 0. The molecule has 5 heteroatoms. The van der Waals surface area contributed by atoms with Crippen LogP contribution in [-0.4, -0.2) is 14.2 Å². The average molecular weight is 270 g/mol. The molecule has 1 rings (SSSR count). The summed E-state index contributed by atoms with van der Waals surface area (Å²) in [5.74, 6) is 0.116. The van der Waals surface area contributed by atoms with Crippen molar-refractivity contribution in [2.45, 2.75) is 34.1 Å². The van der Waals surface area contributed by atoms with Crippen molar-refractivity contribution in [1.82, 2.24) is 0 Å². The van der Waals surface area contributed by atoms with Gasteiger partial charge in [-0.3, -0.25) is 4.72 Å². The zero-order chi connectivity index (χ0) is 14.0. The van der Waals surface area contributed by atoms with Crippen molar-refractivity contribution < 1.29 is 8.42 Å². The number of anilines is 2. The number of benzene rings is 1. The van der Waals surface area contributed by atoms with Crippen LogP contribution in [0.1, 0.15) is 32.8 Å². The van der Waals surface area contributed by atoms with E-state index in [1.807, 2.05) is 20.8 Å². The first kappa shape index (κ1) is 14.8. The Morgan fingerprint density at radius 3 is 2.44 bits per heavy atom. The Balaban J connectivity index is 2.80. The van der Waals surface area contributed by atoms with E-state index in [-0.39, 0.29) is 11.2 Å². The van der Waals surface area contributed by atoms with Crippen LogP contribution in [0.5, 0.6) is 0 Å². The van der Waals surface area contributed by atoms with Crippen molar-refractivity contribution in [3.8, 4) is 0 Å². The van der Waals surface area contributed by atoms with Crippen molar-refractivity contribution >= 4 is 21.4 Å². The smallest absolute Gasteiger partial charge is 0.232 e. The molecule has 0 aliphatic rings. The van der Waals surface area contributed by atoms with Crippen molar-refractivity contribution in [2.75, 3.05) is 16.2 Å². The van der Waals surface area contributed by atoms with Gasteiger partial charge in [-0.15, -0.1) is 0 Å². The highest BCUT2D eigenvalue weighted by Gasteiger charge is 2.18. The quantitative estimate of drug-likeness (QED) is 0.826. The first-order chi connectivity index (χ1) is 8.11. The van der Waals surface area contributed by atoms with E-state index < -0.39 is 10.0 Å². The Morgan fingerprint density at radius 1 is 1.28 bits per heavy atom. The number of nitrogens with two attached hydrogens (primary N) is 1. The Labute approximate surface area is 110 Å². The predicted molar refractivity (Wildman–Crippen MR) is 77.1 cm³/mol. The summed E-state index contributed by atoms with van der Waals surface area (Å²) in [5.41, 5.74) is 7.66. The minimum Gasteiger partial charge on any atom is -0.398 e. The van der Waals surface area contributed by atoms with Gasteiger partial charge in [0.2, 0.25) is 10.0 Å². The maximum Gasteiger partial charge on any atom is 0.232 e. The zero-order valence-electron chi connectivity index (χ0n) is 11.4. The van der Waals surface area contributed by atoms with E-state index in [0.717, 1.165) is 5.56 Å². The van der Waals surface area contributed by atoms with Crippen LogP contribution in [-0.2, 0) is 10.0 Å². The van der Waals surface area contributed by atoms with Crippen LogP contribution >= 0.6 is 0 Å². The number of sulfonamides is 1. The van der Waals surface area contributed by atoms with Gasteiger partial charge in [0.1, 0.15) is 0 Å². The molecule has 0 radical (unpaired) electrons. The van der Waals surface area contributed by atoms with Gasteiger partial charge < -0.3 is 5.73 Å². The van der Waals surface area contributed by atoms with Crippen LogP contribution in [0, 0.1) is 12.3 Å². The van der Waals surface area contributed by atoms with Gasteiger partial charge in [-0.2, -0.15) is 0 Å². The third kappa shape index (κ3) is 4.56. The fourth-order valence-corrected chi connectivity index (χ4v) is 2.96. The standard InChI is InChI=1S/C13H22N2O2S/c1-10-11(14)6-5-7-12(10)15-18(16,17)9-8-13(2,3)4/h5-7,15H,8-9,14H2,1-4H3. The minimum absolute atomic E-state index is 0.000486. The van der Waals surface area contributed by atoms with Crippen LogP contribution in [0.3, 0.4) is 0 Å². The van der Waals surface area contributed by atoms with Crippen molar-refractivity contribution in [3.63, 3.8) is 0 Å². The molecule has 0 unspecified atom stereocenters. The highest BCUT2D eigenvalue weighted by atomic mass is 32.2. The number of nitrogen functional groups attached to an aromatic ring is 1. The summed E-state index contributed by atoms with van der Waals surface area (Å²) in [6, 6.07) is 5.21. The lowest BCUT2D eigenvalue weighted by atomic mass is 9.94. The van der Waals surface area contributed by atoms with Gasteiger partial charge in [0.05, 0.1) is 11.4 Å². The Kier molecular flexibility index (Phi) is 4.27. The predicted octanol–water partition coefficient (Wildman–Crippen LogP) is 2.76. The van der Waals surface area contributed by atoms with E-state index in [9.17, 15) is 8.42 Å². The van der Waals surface area contributed by atoms with Crippen LogP contribution in [0.15, 0.2) is 18.2 Å². The monoisotopic (exact) mass is 270 g/mol. The van der Waals surface area contributed by atoms with Gasteiger partial charge in [-0.1, -0.05) is 26.8 Å². The van der Waals surface area contributed by atoms with E-state index >= 15 is 0 Å². The fourth-order valence-electron chi connectivity index (χ4n) is 1.42. The fraction of sp³-hybridized carbons (Fsp3) is 0.538. The molecule has 0 aliphatic carbocycles. The minimum atomic E-state index is -3.31. The van der Waals surface area contributed by atoms with Crippen molar-refractivity contribution in [2.24, 2.45) is 5.41 Å². The van der Waals surface area contributed by atoms with Crippen LogP contribution in [0.2, 0.25) is 0 Å². The van der Waals surface area contributed by atoms with Crippen LogP contribution in [0.4, 0.5) is 11.4 Å². The molecule has 1 aromatic rings. The molecule has 3 N–H and O–H groups in total. The second-order valence-corrected chi connectivity index (χ2v) is 7.59. The van der Waals surface area contributed by atoms with E-state index in [4.69, 9.17) is 5.73 Å². The lowest BCUT2D eigenvalue weighted by Crippen LogP contribution is -2.21. The summed E-state index contributed by atoms with van der Waals surface area (Å²) in [6.07, 6.45) is 0.615. The lowest BCUT2D eigenvalue weighted by molar-refractivity contribution is 0.397. The Morgan fingerprint density at radius 2 is 1.89 bits per heavy atom. The Hall–Kier alpha value is -1.23. The first-order valence-corrected chi connectivity index (χ1v) is 7.61. The number of hydrogen-bond donors (Lipinski definition) is 2. The van der Waals surface area contributed by atoms with E-state index in [1.54, 1.807) is 25.1 Å². The lowest BCUT2D eigenvalue weighted by Gasteiger charge is -2.18. The molecule has 4 nitrogen and oxygen atoms in total. The largest absolute Gasteiger partial charge is 0.398 e. The molecule has 0 aromatic heterocycles. The second kappa shape index (κ2) is 5.18. The molecule has 0 heterocycles. The van der Waals surface area contributed by atoms with Crippen LogP contribution < -0.4 is 10.5 Å². The summed E-state index contributed by atoms with van der Waals surface area (Å²) in [6.45, 7) is 7.87. The van der Waals surface area contributed by atoms with Gasteiger partial charge in [0, 0.05) is 5.69 Å². The molecule has 0 amide bonds. The van der Waals surface area contributed by atoms with E-state index in [2.05, 4.69) is 4.72 Å².